The highest BCUT2D eigenvalue weighted by Crippen LogP contribution is 2.22. The molecule has 2 rings (SSSR count). The van der Waals surface area contributed by atoms with Gasteiger partial charge in [0, 0.05) is 29.5 Å². The second-order valence-electron chi connectivity index (χ2n) is 3.80. The monoisotopic (exact) mass is 257 g/mol. The molecular formula is C14H15N3S. The molecule has 0 radical (unpaired) electrons. The molecule has 0 unspecified atom stereocenters. The molecule has 0 bridgehead atoms. The normalized spacial score (nSPS) is 9.83. The van der Waals surface area contributed by atoms with E-state index in [1.807, 2.05) is 36.7 Å². The molecule has 1 aromatic carbocycles. The summed E-state index contributed by atoms with van der Waals surface area (Å²) in [5.41, 5.74) is 8.64. The molecule has 0 amide bonds. The molecule has 18 heavy (non-hydrogen) atoms. The highest BCUT2D eigenvalue weighted by atomic mass is 32.1. The van der Waals surface area contributed by atoms with Crippen LogP contribution in [0.15, 0.2) is 29.6 Å². The summed E-state index contributed by atoms with van der Waals surface area (Å²) in [6.07, 6.45) is 0.862. The highest BCUT2D eigenvalue weighted by Gasteiger charge is 2.01. The Labute approximate surface area is 111 Å². The zero-order chi connectivity index (χ0) is 12.8. The Hall–Kier alpha value is -1.83. The molecule has 1 heterocycles. The lowest BCUT2D eigenvalue weighted by Gasteiger charge is -1.96. The molecule has 0 atom stereocenters. The van der Waals surface area contributed by atoms with Crippen molar-refractivity contribution in [3.05, 3.63) is 35.2 Å². The van der Waals surface area contributed by atoms with Crippen LogP contribution < -0.4 is 11.1 Å². The Kier molecular flexibility index (Phi) is 4.35. The molecule has 3 nitrogen and oxygen atoms in total. The predicted molar refractivity (Wildman–Crippen MR) is 77.4 cm³/mol. The van der Waals surface area contributed by atoms with Gasteiger partial charge in [0.2, 0.25) is 0 Å². The van der Waals surface area contributed by atoms with E-state index in [1.54, 1.807) is 0 Å². The van der Waals surface area contributed by atoms with E-state index in [0.717, 1.165) is 29.8 Å². The summed E-state index contributed by atoms with van der Waals surface area (Å²) < 4.78 is 0. The van der Waals surface area contributed by atoms with Crippen molar-refractivity contribution in [3.8, 4) is 23.1 Å². The summed E-state index contributed by atoms with van der Waals surface area (Å²) in [4.78, 5) is 4.25. The number of hydrogen-bond acceptors (Lipinski definition) is 4. The van der Waals surface area contributed by atoms with Gasteiger partial charge in [0.25, 0.3) is 0 Å². The average Bonchev–Trinajstić information content (AvgIpc) is 2.82. The van der Waals surface area contributed by atoms with Gasteiger partial charge in [-0.15, -0.1) is 11.3 Å². The lowest BCUT2D eigenvalue weighted by atomic mass is 10.1. The topological polar surface area (TPSA) is 50.9 Å². The van der Waals surface area contributed by atoms with Gasteiger partial charge in [-0.1, -0.05) is 24.0 Å². The van der Waals surface area contributed by atoms with Gasteiger partial charge in [0.1, 0.15) is 0 Å². The summed E-state index contributed by atoms with van der Waals surface area (Å²) in [7, 11) is 1.93. The molecule has 0 aliphatic carbocycles. The van der Waals surface area contributed by atoms with Crippen LogP contribution in [-0.4, -0.2) is 18.6 Å². The van der Waals surface area contributed by atoms with E-state index in [2.05, 4.69) is 22.1 Å². The number of nitrogens with zero attached hydrogens (tertiary/aromatic N) is 1. The van der Waals surface area contributed by atoms with Gasteiger partial charge in [0.15, 0.2) is 5.13 Å². The van der Waals surface area contributed by atoms with Crippen LogP contribution in [0, 0.1) is 11.8 Å². The average molecular weight is 257 g/mol. The Morgan fingerprint density at radius 1 is 1.33 bits per heavy atom. The van der Waals surface area contributed by atoms with Crippen molar-refractivity contribution in [1.29, 1.82) is 0 Å². The van der Waals surface area contributed by atoms with Crippen molar-refractivity contribution in [2.75, 3.05) is 19.3 Å². The van der Waals surface area contributed by atoms with E-state index < -0.39 is 0 Å². The van der Waals surface area contributed by atoms with E-state index in [1.165, 1.54) is 11.3 Å². The Bertz CT molecular complexity index is 561. The SMILES string of the molecule is CNCCC#Cc1ccc(-c2csc(N)n2)cc1. The van der Waals surface area contributed by atoms with Crippen molar-refractivity contribution in [2.24, 2.45) is 0 Å². The first-order valence-electron chi connectivity index (χ1n) is 5.74. The smallest absolute Gasteiger partial charge is 0.180 e. The van der Waals surface area contributed by atoms with Crippen LogP contribution >= 0.6 is 11.3 Å². The summed E-state index contributed by atoms with van der Waals surface area (Å²) in [5.74, 6) is 6.25. The first kappa shape index (κ1) is 12.6. The minimum Gasteiger partial charge on any atom is -0.375 e. The van der Waals surface area contributed by atoms with Crippen LogP contribution in [0.1, 0.15) is 12.0 Å². The number of anilines is 1. The molecule has 0 spiro atoms. The molecule has 3 N–H and O–H groups in total. The summed E-state index contributed by atoms with van der Waals surface area (Å²) in [6, 6.07) is 8.07. The fourth-order valence-corrected chi connectivity index (χ4v) is 2.07. The predicted octanol–water partition coefficient (Wildman–Crippen LogP) is 2.35. The number of rotatable bonds is 3. The maximum absolute atomic E-state index is 5.62. The molecule has 2 aromatic rings. The molecule has 1 aromatic heterocycles. The van der Waals surface area contributed by atoms with Crippen molar-refractivity contribution in [1.82, 2.24) is 10.3 Å². The standard InChI is InChI=1S/C14H15N3S/c1-16-9-3-2-4-11-5-7-12(8-6-11)13-10-18-14(15)17-13/h5-8,10,16H,3,9H2,1H3,(H2,15,17). The van der Waals surface area contributed by atoms with E-state index >= 15 is 0 Å². The largest absolute Gasteiger partial charge is 0.375 e. The lowest BCUT2D eigenvalue weighted by Crippen LogP contribution is -2.05. The van der Waals surface area contributed by atoms with Gasteiger partial charge in [-0.25, -0.2) is 4.98 Å². The van der Waals surface area contributed by atoms with Crippen molar-refractivity contribution in [3.63, 3.8) is 0 Å². The van der Waals surface area contributed by atoms with Gasteiger partial charge < -0.3 is 11.1 Å². The maximum atomic E-state index is 5.62. The van der Waals surface area contributed by atoms with Gasteiger partial charge in [-0.2, -0.15) is 0 Å². The van der Waals surface area contributed by atoms with Gasteiger partial charge >= 0.3 is 0 Å². The molecule has 92 valence electrons. The van der Waals surface area contributed by atoms with Gasteiger partial charge in [0.05, 0.1) is 5.69 Å². The fourth-order valence-electron chi connectivity index (χ4n) is 1.50. The third-order valence-electron chi connectivity index (χ3n) is 2.44. The fraction of sp³-hybridized carbons (Fsp3) is 0.214. The number of nitrogen functional groups attached to an aromatic ring is 1. The van der Waals surface area contributed by atoms with Crippen LogP contribution in [0.3, 0.4) is 0 Å². The van der Waals surface area contributed by atoms with Crippen LogP contribution in [-0.2, 0) is 0 Å². The Morgan fingerprint density at radius 3 is 2.72 bits per heavy atom. The summed E-state index contributed by atoms with van der Waals surface area (Å²) in [5, 5.41) is 5.62. The van der Waals surface area contributed by atoms with Crippen molar-refractivity contribution < 1.29 is 0 Å². The number of aromatic nitrogens is 1. The van der Waals surface area contributed by atoms with Crippen LogP contribution in [0.4, 0.5) is 5.13 Å². The van der Waals surface area contributed by atoms with Gasteiger partial charge in [-0.05, 0) is 19.2 Å². The second kappa shape index (κ2) is 6.20. The summed E-state index contributed by atoms with van der Waals surface area (Å²) >= 11 is 1.45. The maximum Gasteiger partial charge on any atom is 0.180 e. The van der Waals surface area contributed by atoms with Crippen molar-refractivity contribution in [2.45, 2.75) is 6.42 Å². The minimum atomic E-state index is 0.598. The number of nitrogens with one attached hydrogen (secondary N) is 1. The second-order valence-corrected chi connectivity index (χ2v) is 4.69. The van der Waals surface area contributed by atoms with Gasteiger partial charge in [-0.3, -0.25) is 0 Å². The third kappa shape index (κ3) is 3.33. The van der Waals surface area contributed by atoms with E-state index in [0.29, 0.717) is 5.13 Å². The Balaban J connectivity index is 2.07. The van der Waals surface area contributed by atoms with E-state index in [-0.39, 0.29) is 0 Å². The number of nitrogens with two attached hydrogens (primary N) is 1. The number of hydrogen-bond donors (Lipinski definition) is 2. The molecule has 0 saturated heterocycles. The highest BCUT2D eigenvalue weighted by molar-refractivity contribution is 7.13. The number of benzene rings is 1. The molecule has 0 aliphatic heterocycles. The lowest BCUT2D eigenvalue weighted by molar-refractivity contribution is 0.818. The van der Waals surface area contributed by atoms with Crippen LogP contribution in [0.25, 0.3) is 11.3 Å². The Morgan fingerprint density at radius 2 is 2.11 bits per heavy atom. The van der Waals surface area contributed by atoms with E-state index in [4.69, 9.17) is 5.73 Å². The zero-order valence-electron chi connectivity index (χ0n) is 10.2. The van der Waals surface area contributed by atoms with Crippen molar-refractivity contribution >= 4 is 16.5 Å². The van der Waals surface area contributed by atoms with Crippen LogP contribution in [0.2, 0.25) is 0 Å². The quantitative estimate of drug-likeness (QED) is 0.655. The molecular weight excluding hydrogens is 242 g/mol. The van der Waals surface area contributed by atoms with E-state index in [9.17, 15) is 0 Å². The molecule has 0 fully saturated rings. The number of thiazole rings is 1. The van der Waals surface area contributed by atoms with Crippen LogP contribution in [0.5, 0.6) is 0 Å². The first-order chi connectivity index (χ1) is 8.79. The third-order valence-corrected chi connectivity index (χ3v) is 3.11. The first-order valence-corrected chi connectivity index (χ1v) is 6.62. The summed E-state index contributed by atoms with van der Waals surface area (Å²) in [6.45, 7) is 0.920. The zero-order valence-corrected chi connectivity index (χ0v) is 11.1. The molecule has 0 aliphatic rings. The molecule has 4 heteroatoms. The molecule has 0 saturated carbocycles. The minimum absolute atomic E-state index is 0.598.